The largest absolute Gasteiger partial charge is 0.477 e. The summed E-state index contributed by atoms with van der Waals surface area (Å²) in [5.41, 5.74) is 1.01. The van der Waals surface area contributed by atoms with Gasteiger partial charge in [0.15, 0.2) is 5.01 Å². The molecule has 0 aliphatic carbocycles. The van der Waals surface area contributed by atoms with Crippen molar-refractivity contribution in [3.63, 3.8) is 0 Å². The van der Waals surface area contributed by atoms with Crippen molar-refractivity contribution in [2.24, 2.45) is 0 Å². The molecule has 38 heavy (non-hydrogen) atoms. The van der Waals surface area contributed by atoms with E-state index in [-0.39, 0.29) is 10.7 Å². The first-order valence-electron chi connectivity index (χ1n) is 11.7. The summed E-state index contributed by atoms with van der Waals surface area (Å²) in [5.74, 6) is -3.67. The lowest BCUT2D eigenvalue weighted by Crippen LogP contribution is -2.43. The Kier molecular flexibility index (Phi) is 9.14. The molecular weight excluding hydrogens is 542 g/mol. The number of rotatable bonds is 11. The topological polar surface area (TPSA) is 136 Å². The van der Waals surface area contributed by atoms with Crippen LogP contribution in [0.4, 0.5) is 14.5 Å². The van der Waals surface area contributed by atoms with Crippen LogP contribution in [0.1, 0.15) is 28.3 Å². The minimum absolute atomic E-state index is 0.0340. The molecule has 1 atom stereocenters. The molecule has 3 aromatic rings. The number of thiazole rings is 1. The highest BCUT2D eigenvalue weighted by Crippen LogP contribution is 2.27. The average Bonchev–Trinajstić information content (AvgIpc) is 3.40. The van der Waals surface area contributed by atoms with Crippen LogP contribution in [-0.2, 0) is 14.8 Å². The van der Waals surface area contributed by atoms with E-state index >= 15 is 0 Å². The number of amides is 1. The number of aromatic nitrogens is 3. The SMILES string of the molecule is CCOc1cncc(-c2cnc(C(=O)NC(CN3CCOCC3)c3cccc(NS(=O)(=O)C(F)F)c3)s2)n1. The number of carbonyl (C=O) groups excluding carboxylic acids is 1. The van der Waals surface area contributed by atoms with Gasteiger partial charge in [0.1, 0.15) is 5.69 Å². The van der Waals surface area contributed by atoms with Crippen LogP contribution in [0.5, 0.6) is 5.88 Å². The summed E-state index contributed by atoms with van der Waals surface area (Å²) >= 11 is 1.13. The molecule has 1 fully saturated rings. The van der Waals surface area contributed by atoms with Gasteiger partial charge in [-0.3, -0.25) is 19.4 Å². The molecule has 1 aliphatic heterocycles. The lowest BCUT2D eigenvalue weighted by molar-refractivity contribution is 0.0332. The third kappa shape index (κ3) is 7.18. The normalized spacial score (nSPS) is 15.3. The van der Waals surface area contributed by atoms with Gasteiger partial charge < -0.3 is 14.8 Å². The highest BCUT2D eigenvalue weighted by atomic mass is 32.2. The van der Waals surface area contributed by atoms with Crippen LogP contribution < -0.4 is 14.8 Å². The predicted molar refractivity (Wildman–Crippen MR) is 137 cm³/mol. The molecule has 1 amide bonds. The fraction of sp³-hybridized carbons (Fsp3) is 0.391. The van der Waals surface area contributed by atoms with Gasteiger partial charge in [-0.2, -0.15) is 8.78 Å². The zero-order valence-corrected chi connectivity index (χ0v) is 22.0. The molecule has 2 N–H and O–H groups in total. The fourth-order valence-electron chi connectivity index (χ4n) is 3.71. The van der Waals surface area contributed by atoms with Crippen LogP contribution in [0, 0.1) is 0 Å². The van der Waals surface area contributed by atoms with E-state index in [1.54, 1.807) is 12.3 Å². The van der Waals surface area contributed by atoms with E-state index in [9.17, 15) is 22.0 Å². The molecule has 15 heteroatoms. The van der Waals surface area contributed by atoms with Gasteiger partial charge in [-0.25, -0.2) is 18.4 Å². The van der Waals surface area contributed by atoms with E-state index < -0.39 is 27.7 Å². The minimum atomic E-state index is -4.84. The number of ether oxygens (including phenoxy) is 2. The summed E-state index contributed by atoms with van der Waals surface area (Å²) in [4.78, 5) is 28.6. The third-order valence-electron chi connectivity index (χ3n) is 5.49. The van der Waals surface area contributed by atoms with E-state index in [4.69, 9.17) is 9.47 Å². The molecule has 11 nitrogen and oxygen atoms in total. The minimum Gasteiger partial charge on any atom is -0.477 e. The Hall–Kier alpha value is -3.27. The van der Waals surface area contributed by atoms with Gasteiger partial charge in [0, 0.05) is 31.5 Å². The van der Waals surface area contributed by atoms with Gasteiger partial charge in [-0.1, -0.05) is 12.1 Å². The second-order valence-corrected chi connectivity index (χ2v) is 10.9. The van der Waals surface area contributed by atoms with Crippen molar-refractivity contribution in [1.82, 2.24) is 25.2 Å². The molecule has 0 bridgehead atoms. The molecule has 2 aromatic heterocycles. The molecule has 4 rings (SSSR count). The quantitative estimate of drug-likeness (QED) is 0.358. The van der Waals surface area contributed by atoms with E-state index in [2.05, 4.69) is 25.2 Å². The van der Waals surface area contributed by atoms with Crippen LogP contribution in [0.25, 0.3) is 10.6 Å². The smallest absolute Gasteiger partial charge is 0.355 e. The second-order valence-electron chi connectivity index (χ2n) is 8.18. The summed E-state index contributed by atoms with van der Waals surface area (Å²) in [6.07, 6.45) is 4.56. The zero-order chi connectivity index (χ0) is 27.1. The highest BCUT2D eigenvalue weighted by Gasteiger charge is 2.26. The van der Waals surface area contributed by atoms with Crippen molar-refractivity contribution in [3.05, 3.63) is 53.4 Å². The van der Waals surface area contributed by atoms with Gasteiger partial charge in [-0.15, -0.1) is 11.3 Å². The summed E-state index contributed by atoms with van der Waals surface area (Å²) in [5, 5.41) is 3.13. The van der Waals surface area contributed by atoms with Crippen molar-refractivity contribution >= 4 is 33.0 Å². The van der Waals surface area contributed by atoms with Gasteiger partial charge in [0.25, 0.3) is 15.9 Å². The van der Waals surface area contributed by atoms with Crippen LogP contribution in [-0.4, -0.2) is 79.4 Å². The first-order chi connectivity index (χ1) is 18.2. The number of alkyl halides is 2. The molecule has 1 saturated heterocycles. The molecule has 1 aliphatic rings. The molecular formula is C23H26F2N6O5S2. The van der Waals surface area contributed by atoms with Crippen molar-refractivity contribution in [1.29, 1.82) is 0 Å². The molecule has 0 spiro atoms. The number of hydrogen-bond acceptors (Lipinski definition) is 10. The summed E-state index contributed by atoms with van der Waals surface area (Å²) < 4.78 is 61.7. The Balaban J connectivity index is 1.55. The van der Waals surface area contributed by atoms with Gasteiger partial charge in [0.05, 0.1) is 43.1 Å². The average molecular weight is 569 g/mol. The standard InChI is InChI=1S/C23H26F2N6O5S2/c1-2-36-20-13-26-11-17(28-20)19-12-27-22(37-19)21(32)29-18(14-31-6-8-35-9-7-31)15-4-3-5-16(10-15)30-38(33,34)23(24)25/h3-5,10-13,18,23,30H,2,6-9,14H2,1H3,(H,29,32). The Bertz CT molecular complexity index is 1350. The monoisotopic (exact) mass is 568 g/mol. The van der Waals surface area contributed by atoms with E-state index in [1.807, 2.05) is 11.6 Å². The van der Waals surface area contributed by atoms with Crippen molar-refractivity contribution in [3.8, 4) is 16.5 Å². The lowest BCUT2D eigenvalue weighted by atomic mass is 10.1. The van der Waals surface area contributed by atoms with E-state index in [1.165, 1.54) is 30.6 Å². The summed E-state index contributed by atoms with van der Waals surface area (Å²) in [6.45, 7) is 5.00. The maximum atomic E-state index is 13.2. The van der Waals surface area contributed by atoms with E-state index in [0.29, 0.717) is 61.5 Å². The predicted octanol–water partition coefficient (Wildman–Crippen LogP) is 2.77. The van der Waals surface area contributed by atoms with Gasteiger partial charge in [-0.05, 0) is 24.6 Å². The van der Waals surface area contributed by atoms with Crippen LogP contribution in [0.3, 0.4) is 0 Å². The second kappa shape index (κ2) is 12.5. The Morgan fingerprint density at radius 2 is 2.03 bits per heavy atom. The molecule has 1 unspecified atom stereocenters. The van der Waals surface area contributed by atoms with Crippen molar-refractivity contribution in [2.45, 2.75) is 18.7 Å². The highest BCUT2D eigenvalue weighted by molar-refractivity contribution is 7.93. The van der Waals surface area contributed by atoms with Crippen LogP contribution in [0.2, 0.25) is 0 Å². The number of halogens is 2. The zero-order valence-electron chi connectivity index (χ0n) is 20.3. The van der Waals surface area contributed by atoms with Crippen LogP contribution in [0.15, 0.2) is 42.9 Å². The van der Waals surface area contributed by atoms with E-state index in [0.717, 1.165) is 11.3 Å². The number of anilines is 1. The van der Waals surface area contributed by atoms with Gasteiger partial charge in [0.2, 0.25) is 5.88 Å². The maximum Gasteiger partial charge on any atom is 0.355 e. The summed E-state index contributed by atoms with van der Waals surface area (Å²) in [6, 6.07) is 5.41. The number of benzene rings is 1. The first-order valence-corrected chi connectivity index (χ1v) is 14.0. The number of hydrogen-bond donors (Lipinski definition) is 2. The first kappa shape index (κ1) is 27.8. The molecule has 1 aromatic carbocycles. The number of carbonyl (C=O) groups is 1. The molecule has 3 heterocycles. The number of sulfonamides is 1. The summed E-state index contributed by atoms with van der Waals surface area (Å²) in [7, 11) is -4.84. The third-order valence-corrected chi connectivity index (χ3v) is 7.50. The fourth-order valence-corrected chi connectivity index (χ4v) is 5.02. The number of nitrogens with zero attached hydrogens (tertiary/aromatic N) is 4. The molecule has 0 saturated carbocycles. The Labute approximate surface area is 222 Å². The van der Waals surface area contributed by atoms with Crippen molar-refractivity contribution < 1.29 is 31.5 Å². The Morgan fingerprint density at radius 3 is 2.76 bits per heavy atom. The number of nitrogens with one attached hydrogen (secondary N) is 2. The van der Waals surface area contributed by atoms with Gasteiger partial charge >= 0.3 is 5.76 Å². The Morgan fingerprint density at radius 1 is 1.24 bits per heavy atom. The van der Waals surface area contributed by atoms with Crippen molar-refractivity contribution in [2.75, 3.05) is 44.2 Å². The maximum absolute atomic E-state index is 13.2. The van der Waals surface area contributed by atoms with Crippen LogP contribution >= 0.6 is 11.3 Å². The molecule has 204 valence electrons. The molecule has 0 radical (unpaired) electrons. The lowest BCUT2D eigenvalue weighted by Gasteiger charge is -2.31. The number of morpholine rings is 1.